The van der Waals surface area contributed by atoms with Gasteiger partial charge in [-0.05, 0) is 46.9 Å². The summed E-state index contributed by atoms with van der Waals surface area (Å²) >= 11 is 2.27. The van der Waals surface area contributed by atoms with Crippen LogP contribution < -0.4 is 10.1 Å². The fourth-order valence-electron chi connectivity index (χ4n) is 1.59. The Kier molecular flexibility index (Phi) is 5.15. The molecule has 1 heterocycles. The summed E-state index contributed by atoms with van der Waals surface area (Å²) in [5.41, 5.74) is 0.983. The van der Waals surface area contributed by atoms with Crippen molar-refractivity contribution < 1.29 is 4.74 Å². The number of benzene rings is 1. The van der Waals surface area contributed by atoms with E-state index in [-0.39, 0.29) is 0 Å². The molecule has 3 nitrogen and oxygen atoms in total. The maximum absolute atomic E-state index is 5.83. The molecule has 0 bridgehead atoms. The van der Waals surface area contributed by atoms with E-state index in [9.17, 15) is 0 Å². The number of hydrogen-bond donors (Lipinski definition) is 1. The second-order valence-corrected chi connectivity index (χ2v) is 5.82. The third-order valence-electron chi connectivity index (χ3n) is 2.51. The van der Waals surface area contributed by atoms with E-state index in [2.05, 4.69) is 46.7 Å². The number of nitrogens with zero attached hydrogens (tertiary/aromatic N) is 1. The zero-order chi connectivity index (χ0) is 13.7. The summed E-state index contributed by atoms with van der Waals surface area (Å²) in [5, 5.41) is 3.34. The summed E-state index contributed by atoms with van der Waals surface area (Å²) in [5.74, 6) is 1.67. The molecule has 4 heteroatoms. The number of pyridine rings is 1. The predicted molar refractivity (Wildman–Crippen MR) is 85.4 cm³/mol. The SMILES string of the molecule is CC(C)NCc1cc(Oc2cccc(I)c2)ccn1. The lowest BCUT2D eigenvalue weighted by Gasteiger charge is -2.09. The van der Waals surface area contributed by atoms with E-state index in [0.29, 0.717) is 6.04 Å². The fraction of sp³-hybridized carbons (Fsp3) is 0.267. The lowest BCUT2D eigenvalue weighted by atomic mass is 10.3. The topological polar surface area (TPSA) is 34.1 Å². The van der Waals surface area contributed by atoms with Crippen LogP contribution in [-0.4, -0.2) is 11.0 Å². The Morgan fingerprint density at radius 2 is 2.00 bits per heavy atom. The van der Waals surface area contributed by atoms with Crippen molar-refractivity contribution in [2.24, 2.45) is 0 Å². The lowest BCUT2D eigenvalue weighted by molar-refractivity contribution is 0.479. The monoisotopic (exact) mass is 368 g/mol. The molecule has 0 aliphatic rings. The van der Waals surface area contributed by atoms with Gasteiger partial charge in [0.2, 0.25) is 0 Å². The van der Waals surface area contributed by atoms with Gasteiger partial charge in [0.1, 0.15) is 11.5 Å². The molecule has 0 saturated heterocycles. The van der Waals surface area contributed by atoms with Gasteiger partial charge in [-0.2, -0.15) is 0 Å². The van der Waals surface area contributed by atoms with Gasteiger partial charge in [-0.1, -0.05) is 19.9 Å². The quantitative estimate of drug-likeness (QED) is 0.811. The third kappa shape index (κ3) is 4.80. The van der Waals surface area contributed by atoms with Gasteiger partial charge >= 0.3 is 0 Å². The molecule has 0 aliphatic carbocycles. The van der Waals surface area contributed by atoms with Crippen molar-refractivity contribution in [3.8, 4) is 11.5 Å². The second kappa shape index (κ2) is 6.86. The molecule has 2 rings (SSSR count). The standard InChI is InChI=1S/C15H17IN2O/c1-11(2)18-10-13-9-15(6-7-17-13)19-14-5-3-4-12(16)8-14/h3-9,11,18H,10H2,1-2H3. The van der Waals surface area contributed by atoms with Gasteiger partial charge in [-0.3, -0.25) is 4.98 Å². The van der Waals surface area contributed by atoms with Crippen molar-refractivity contribution in [1.29, 1.82) is 0 Å². The largest absolute Gasteiger partial charge is 0.457 e. The minimum atomic E-state index is 0.446. The van der Waals surface area contributed by atoms with Gasteiger partial charge < -0.3 is 10.1 Å². The summed E-state index contributed by atoms with van der Waals surface area (Å²) < 4.78 is 6.99. The molecule has 0 atom stereocenters. The Balaban J connectivity index is 2.06. The van der Waals surface area contributed by atoms with Gasteiger partial charge in [0, 0.05) is 28.4 Å². The molecule has 0 amide bonds. The molecule has 1 aromatic carbocycles. The van der Waals surface area contributed by atoms with Crippen LogP contribution in [0.4, 0.5) is 0 Å². The van der Waals surface area contributed by atoms with Crippen molar-refractivity contribution in [3.63, 3.8) is 0 Å². The van der Waals surface area contributed by atoms with E-state index < -0.39 is 0 Å². The molecule has 0 saturated carbocycles. The average Bonchev–Trinajstić information content (AvgIpc) is 2.37. The molecule has 1 N–H and O–H groups in total. The highest BCUT2D eigenvalue weighted by atomic mass is 127. The molecule has 19 heavy (non-hydrogen) atoms. The van der Waals surface area contributed by atoms with Crippen molar-refractivity contribution in [2.45, 2.75) is 26.4 Å². The van der Waals surface area contributed by atoms with Crippen LogP contribution >= 0.6 is 22.6 Å². The molecular weight excluding hydrogens is 351 g/mol. The molecule has 0 spiro atoms. The Morgan fingerprint density at radius 3 is 2.74 bits per heavy atom. The Hall–Kier alpha value is -1.14. The lowest BCUT2D eigenvalue weighted by Crippen LogP contribution is -2.22. The maximum Gasteiger partial charge on any atom is 0.130 e. The minimum absolute atomic E-state index is 0.446. The molecule has 2 aromatic rings. The number of aromatic nitrogens is 1. The number of ether oxygens (including phenoxy) is 1. The normalized spacial score (nSPS) is 10.7. The summed E-state index contributed by atoms with van der Waals surface area (Å²) in [7, 11) is 0. The van der Waals surface area contributed by atoms with Crippen molar-refractivity contribution in [1.82, 2.24) is 10.3 Å². The maximum atomic E-state index is 5.83. The highest BCUT2D eigenvalue weighted by molar-refractivity contribution is 14.1. The van der Waals surface area contributed by atoms with Crippen LogP contribution in [0.15, 0.2) is 42.6 Å². The molecule has 0 fully saturated rings. The first-order chi connectivity index (χ1) is 9.13. The van der Waals surface area contributed by atoms with Crippen LogP contribution in [0.3, 0.4) is 0 Å². The Bertz CT molecular complexity index is 543. The fourth-order valence-corrected chi connectivity index (χ4v) is 2.11. The summed E-state index contributed by atoms with van der Waals surface area (Å²) in [6.45, 7) is 4.99. The molecule has 100 valence electrons. The van der Waals surface area contributed by atoms with Crippen LogP contribution in [0.25, 0.3) is 0 Å². The summed E-state index contributed by atoms with van der Waals surface area (Å²) in [4.78, 5) is 4.33. The first-order valence-electron chi connectivity index (χ1n) is 6.25. The van der Waals surface area contributed by atoms with E-state index in [0.717, 1.165) is 27.3 Å². The molecular formula is C15H17IN2O. The molecule has 0 unspecified atom stereocenters. The number of rotatable bonds is 5. The zero-order valence-corrected chi connectivity index (χ0v) is 13.2. The van der Waals surface area contributed by atoms with E-state index in [4.69, 9.17) is 4.74 Å². The Morgan fingerprint density at radius 1 is 1.21 bits per heavy atom. The smallest absolute Gasteiger partial charge is 0.130 e. The highest BCUT2D eigenvalue weighted by Gasteiger charge is 2.01. The van der Waals surface area contributed by atoms with E-state index in [1.165, 1.54) is 0 Å². The van der Waals surface area contributed by atoms with Crippen LogP contribution in [0.2, 0.25) is 0 Å². The Labute approximate surface area is 127 Å². The molecule has 0 aliphatic heterocycles. The van der Waals surface area contributed by atoms with Crippen molar-refractivity contribution >= 4 is 22.6 Å². The second-order valence-electron chi connectivity index (χ2n) is 4.58. The minimum Gasteiger partial charge on any atom is -0.457 e. The summed E-state index contributed by atoms with van der Waals surface area (Å²) in [6.07, 6.45) is 1.78. The number of halogens is 1. The van der Waals surface area contributed by atoms with Crippen LogP contribution in [0, 0.1) is 3.57 Å². The van der Waals surface area contributed by atoms with Crippen LogP contribution in [0.5, 0.6) is 11.5 Å². The van der Waals surface area contributed by atoms with Gasteiger partial charge in [-0.25, -0.2) is 0 Å². The zero-order valence-electron chi connectivity index (χ0n) is 11.1. The van der Waals surface area contributed by atoms with E-state index in [1.54, 1.807) is 6.20 Å². The van der Waals surface area contributed by atoms with Gasteiger partial charge in [-0.15, -0.1) is 0 Å². The predicted octanol–water partition coefficient (Wildman–Crippen LogP) is 3.98. The number of nitrogens with one attached hydrogen (secondary N) is 1. The first-order valence-corrected chi connectivity index (χ1v) is 7.33. The highest BCUT2D eigenvalue weighted by Crippen LogP contribution is 2.22. The van der Waals surface area contributed by atoms with Crippen LogP contribution in [0.1, 0.15) is 19.5 Å². The van der Waals surface area contributed by atoms with Crippen molar-refractivity contribution in [2.75, 3.05) is 0 Å². The number of hydrogen-bond acceptors (Lipinski definition) is 3. The van der Waals surface area contributed by atoms with E-state index in [1.807, 2.05) is 36.4 Å². The van der Waals surface area contributed by atoms with Gasteiger partial charge in [0.05, 0.1) is 5.69 Å². The van der Waals surface area contributed by atoms with E-state index >= 15 is 0 Å². The van der Waals surface area contributed by atoms with Gasteiger partial charge in [0.15, 0.2) is 0 Å². The summed E-state index contributed by atoms with van der Waals surface area (Å²) in [6, 6.07) is 12.3. The molecule has 1 aromatic heterocycles. The average molecular weight is 368 g/mol. The third-order valence-corrected chi connectivity index (χ3v) is 3.18. The van der Waals surface area contributed by atoms with Crippen molar-refractivity contribution in [3.05, 3.63) is 51.9 Å². The molecule has 0 radical (unpaired) electrons. The van der Waals surface area contributed by atoms with Crippen LogP contribution in [-0.2, 0) is 6.54 Å². The van der Waals surface area contributed by atoms with Gasteiger partial charge in [0.25, 0.3) is 0 Å². The first kappa shape index (κ1) is 14.3.